The van der Waals surface area contributed by atoms with Crippen molar-refractivity contribution in [3.63, 3.8) is 0 Å². The highest BCUT2D eigenvalue weighted by molar-refractivity contribution is 5.91. The largest absolute Gasteiger partial charge is 0.416 e. The lowest BCUT2D eigenvalue weighted by Gasteiger charge is -2.24. The number of nitrogens with one attached hydrogen (secondary N) is 2. The van der Waals surface area contributed by atoms with Crippen molar-refractivity contribution >= 4 is 16.7 Å². The number of rotatable bonds is 4. The second kappa shape index (κ2) is 8.54. The molecule has 2 aromatic heterocycles. The van der Waals surface area contributed by atoms with Crippen LogP contribution in [0.5, 0.6) is 0 Å². The molecule has 1 aliphatic heterocycles. The van der Waals surface area contributed by atoms with Crippen molar-refractivity contribution in [2.75, 3.05) is 18.4 Å². The number of halogens is 3. The summed E-state index contributed by atoms with van der Waals surface area (Å²) in [7, 11) is 1.72. The van der Waals surface area contributed by atoms with Gasteiger partial charge in [0, 0.05) is 30.5 Å². The Morgan fingerprint density at radius 3 is 2.72 bits per heavy atom. The number of benzene rings is 1. The van der Waals surface area contributed by atoms with E-state index in [1.54, 1.807) is 31.5 Å². The number of piperidine rings is 1. The first kappa shape index (κ1) is 22.3. The van der Waals surface area contributed by atoms with Crippen LogP contribution in [0.1, 0.15) is 54.1 Å². The van der Waals surface area contributed by atoms with E-state index in [0.29, 0.717) is 22.6 Å². The van der Waals surface area contributed by atoms with Crippen molar-refractivity contribution in [2.24, 2.45) is 7.05 Å². The van der Waals surface area contributed by atoms with Gasteiger partial charge in [-0.15, -0.1) is 5.10 Å². The van der Waals surface area contributed by atoms with E-state index >= 15 is 0 Å². The number of anilines is 1. The molecular weight excluding hydrogens is 419 g/mol. The Bertz CT molecular complexity index is 1200. The molecular formula is C23H26F3N5O. The molecule has 3 heterocycles. The zero-order chi connectivity index (χ0) is 23.0. The molecule has 1 saturated heterocycles. The summed E-state index contributed by atoms with van der Waals surface area (Å²) in [5, 5.41) is 15.8. The molecule has 3 aromatic rings. The third kappa shape index (κ3) is 4.21. The lowest BCUT2D eigenvalue weighted by Crippen LogP contribution is -2.33. The molecule has 0 amide bonds. The summed E-state index contributed by atoms with van der Waals surface area (Å²) in [4.78, 5) is 13.1. The van der Waals surface area contributed by atoms with Gasteiger partial charge in [-0.3, -0.25) is 4.79 Å². The lowest BCUT2D eigenvalue weighted by atomic mass is 9.91. The van der Waals surface area contributed by atoms with E-state index in [-0.39, 0.29) is 11.5 Å². The van der Waals surface area contributed by atoms with E-state index in [2.05, 4.69) is 20.8 Å². The average molecular weight is 445 g/mol. The highest BCUT2D eigenvalue weighted by Gasteiger charge is 2.31. The highest BCUT2D eigenvalue weighted by atomic mass is 19.4. The number of alkyl halides is 3. The van der Waals surface area contributed by atoms with Gasteiger partial charge in [-0.25, -0.2) is 0 Å². The van der Waals surface area contributed by atoms with E-state index in [1.807, 2.05) is 6.07 Å². The first-order valence-corrected chi connectivity index (χ1v) is 10.7. The zero-order valence-corrected chi connectivity index (χ0v) is 18.3. The summed E-state index contributed by atoms with van der Waals surface area (Å²) in [6.07, 6.45) is -2.49. The Kier molecular flexibility index (Phi) is 5.94. The van der Waals surface area contributed by atoms with E-state index in [1.165, 1.54) is 6.07 Å². The van der Waals surface area contributed by atoms with Gasteiger partial charge in [0.2, 0.25) is 0 Å². The van der Waals surface area contributed by atoms with Crippen molar-refractivity contribution in [3.8, 4) is 0 Å². The van der Waals surface area contributed by atoms with Gasteiger partial charge in [-0.05, 0) is 57.0 Å². The number of hydrogen-bond acceptors (Lipinski definition) is 5. The summed E-state index contributed by atoms with van der Waals surface area (Å²) in [5.41, 5.74) is 1.73. The summed E-state index contributed by atoms with van der Waals surface area (Å²) >= 11 is 0. The van der Waals surface area contributed by atoms with Gasteiger partial charge in [-0.2, -0.15) is 18.3 Å². The van der Waals surface area contributed by atoms with Crippen LogP contribution >= 0.6 is 0 Å². The number of hydrogen-bond donors (Lipinski definition) is 2. The monoisotopic (exact) mass is 445 g/mol. The van der Waals surface area contributed by atoms with Gasteiger partial charge in [0.15, 0.2) is 5.82 Å². The van der Waals surface area contributed by atoms with Crippen LogP contribution in [-0.4, -0.2) is 27.9 Å². The fourth-order valence-electron chi connectivity index (χ4n) is 4.39. The maximum atomic E-state index is 13.1. The fourth-order valence-corrected chi connectivity index (χ4v) is 4.39. The van der Waals surface area contributed by atoms with Crippen molar-refractivity contribution in [3.05, 3.63) is 63.1 Å². The minimum Gasteiger partial charge on any atom is -0.361 e. The Morgan fingerprint density at radius 2 is 2.03 bits per heavy atom. The van der Waals surface area contributed by atoms with Gasteiger partial charge in [-0.1, -0.05) is 12.1 Å². The van der Waals surface area contributed by atoms with Gasteiger partial charge in [0.1, 0.15) is 0 Å². The molecule has 9 heteroatoms. The number of fused-ring (bicyclic) bond motifs is 1. The van der Waals surface area contributed by atoms with Gasteiger partial charge in [0.05, 0.1) is 22.8 Å². The molecule has 0 bridgehead atoms. The number of aromatic nitrogens is 3. The molecule has 2 N–H and O–H groups in total. The van der Waals surface area contributed by atoms with Crippen LogP contribution in [0.4, 0.5) is 19.0 Å². The Hall–Kier alpha value is -2.94. The standard InChI is InChI=1S/C23H26F3N5O/c1-13(15-6-4-8-17(10-15)23(24,25)26)28-21-19-11-18(16-7-5-9-27-12-16)22(32)31(3)20(19)14(2)29-30-21/h4,6,8,10-11,13,16,27H,5,7,9,12H2,1-3H3,(H,28,30)/t13-,16?/m1/s1. The summed E-state index contributed by atoms with van der Waals surface area (Å²) < 4.78 is 41.0. The number of pyridine rings is 1. The molecule has 6 nitrogen and oxygen atoms in total. The highest BCUT2D eigenvalue weighted by Crippen LogP contribution is 2.33. The van der Waals surface area contributed by atoms with Crippen LogP contribution in [0.2, 0.25) is 0 Å². The molecule has 170 valence electrons. The van der Waals surface area contributed by atoms with Crippen LogP contribution in [0, 0.1) is 6.92 Å². The van der Waals surface area contributed by atoms with E-state index < -0.39 is 17.8 Å². The van der Waals surface area contributed by atoms with Crippen molar-refractivity contribution in [2.45, 2.75) is 44.8 Å². The quantitative estimate of drug-likeness (QED) is 0.627. The number of aryl methyl sites for hydroxylation is 2. The maximum absolute atomic E-state index is 13.1. The molecule has 1 aromatic carbocycles. The van der Waals surface area contributed by atoms with Gasteiger partial charge in [0.25, 0.3) is 5.56 Å². The SMILES string of the molecule is Cc1nnc(N[C@H](C)c2cccc(C(F)(F)F)c2)c2cc(C3CCCNC3)c(=O)n(C)c12. The van der Waals surface area contributed by atoms with Gasteiger partial charge >= 0.3 is 6.18 Å². The minimum atomic E-state index is -4.41. The molecule has 1 fully saturated rings. The van der Waals surface area contributed by atoms with Crippen LogP contribution in [-0.2, 0) is 13.2 Å². The van der Waals surface area contributed by atoms with Crippen LogP contribution in [0.3, 0.4) is 0 Å². The second-order valence-electron chi connectivity index (χ2n) is 8.39. The van der Waals surface area contributed by atoms with Gasteiger partial charge < -0.3 is 15.2 Å². The minimum absolute atomic E-state index is 0.0563. The molecule has 0 saturated carbocycles. The van der Waals surface area contributed by atoms with Crippen LogP contribution in [0.15, 0.2) is 35.1 Å². The molecule has 1 unspecified atom stereocenters. The normalized spacial score (nSPS) is 18.0. The predicted molar refractivity (Wildman–Crippen MR) is 118 cm³/mol. The van der Waals surface area contributed by atoms with Crippen molar-refractivity contribution < 1.29 is 13.2 Å². The van der Waals surface area contributed by atoms with E-state index in [0.717, 1.165) is 49.0 Å². The first-order chi connectivity index (χ1) is 15.2. The van der Waals surface area contributed by atoms with E-state index in [4.69, 9.17) is 0 Å². The molecule has 32 heavy (non-hydrogen) atoms. The second-order valence-corrected chi connectivity index (χ2v) is 8.39. The molecule has 4 rings (SSSR count). The van der Waals surface area contributed by atoms with E-state index in [9.17, 15) is 18.0 Å². The molecule has 0 aliphatic carbocycles. The smallest absolute Gasteiger partial charge is 0.361 e. The maximum Gasteiger partial charge on any atom is 0.416 e. The summed E-state index contributed by atoms with van der Waals surface area (Å²) in [6.45, 7) is 5.24. The third-order valence-electron chi connectivity index (χ3n) is 6.14. The zero-order valence-electron chi connectivity index (χ0n) is 18.3. The summed E-state index contributed by atoms with van der Waals surface area (Å²) in [5.74, 6) is 0.546. The molecule has 0 spiro atoms. The Morgan fingerprint density at radius 1 is 1.25 bits per heavy atom. The Labute approximate surface area is 183 Å². The van der Waals surface area contributed by atoms with Crippen molar-refractivity contribution in [1.82, 2.24) is 20.1 Å². The molecule has 1 aliphatic rings. The summed E-state index contributed by atoms with van der Waals surface area (Å²) in [6, 6.07) is 6.65. The topological polar surface area (TPSA) is 71.8 Å². The Balaban J connectivity index is 1.77. The lowest BCUT2D eigenvalue weighted by molar-refractivity contribution is -0.137. The number of nitrogens with zero attached hydrogens (tertiary/aromatic N) is 3. The predicted octanol–water partition coefficient (Wildman–Crippen LogP) is 4.30. The van der Waals surface area contributed by atoms with Crippen LogP contribution in [0.25, 0.3) is 10.9 Å². The first-order valence-electron chi connectivity index (χ1n) is 10.7. The molecule has 0 radical (unpaired) electrons. The third-order valence-corrected chi connectivity index (χ3v) is 6.14. The molecule has 2 atom stereocenters. The van der Waals surface area contributed by atoms with Crippen LogP contribution < -0.4 is 16.2 Å². The van der Waals surface area contributed by atoms with Crippen molar-refractivity contribution in [1.29, 1.82) is 0 Å². The average Bonchev–Trinajstić information content (AvgIpc) is 2.77. The fraction of sp³-hybridized carbons (Fsp3) is 0.435.